The Kier molecular flexibility index (Phi) is 3.12. The fraction of sp³-hybridized carbons (Fsp3) is 0.100. The highest BCUT2D eigenvalue weighted by Crippen LogP contribution is 2.10. The number of aliphatic hydroxyl groups is 1. The molecule has 0 aromatic heterocycles. The summed E-state index contributed by atoms with van der Waals surface area (Å²) in [6.07, 6.45) is 1.52. The van der Waals surface area contributed by atoms with Gasteiger partial charge in [0, 0.05) is 0 Å². The highest BCUT2D eigenvalue weighted by atomic mass is 16.4. The maximum Gasteiger partial charge on any atom is 0.370 e. The molecule has 0 unspecified atom stereocenters. The van der Waals surface area contributed by atoms with E-state index in [1.807, 2.05) is 0 Å². The number of carboxylic acid groups (broad SMARTS) is 1. The van der Waals surface area contributed by atoms with E-state index in [-0.39, 0.29) is 5.75 Å². The first-order valence-electron chi connectivity index (χ1n) is 4.00. The van der Waals surface area contributed by atoms with Crippen LogP contribution in [0.4, 0.5) is 0 Å². The fourth-order valence-electron chi connectivity index (χ4n) is 0.934. The first-order chi connectivity index (χ1) is 6.59. The zero-order valence-corrected chi connectivity index (χ0v) is 7.34. The molecule has 0 amide bonds. The molecule has 0 radical (unpaired) electrons. The van der Waals surface area contributed by atoms with Crippen LogP contribution in [-0.4, -0.2) is 21.3 Å². The number of aromatic hydroxyl groups is 1. The minimum absolute atomic E-state index is 0.153. The van der Waals surface area contributed by atoms with E-state index in [0.29, 0.717) is 6.42 Å². The van der Waals surface area contributed by atoms with Crippen LogP contribution in [0.2, 0.25) is 0 Å². The lowest BCUT2D eigenvalue weighted by Gasteiger charge is -1.97. The lowest BCUT2D eigenvalue weighted by atomic mass is 10.1. The van der Waals surface area contributed by atoms with Crippen molar-refractivity contribution in [2.75, 3.05) is 0 Å². The quantitative estimate of drug-likeness (QED) is 0.502. The molecule has 1 aromatic rings. The van der Waals surface area contributed by atoms with Crippen molar-refractivity contribution in [3.8, 4) is 5.75 Å². The molecule has 4 nitrogen and oxygen atoms in total. The van der Waals surface area contributed by atoms with Gasteiger partial charge in [-0.25, -0.2) is 4.79 Å². The van der Waals surface area contributed by atoms with Gasteiger partial charge in [0.05, 0.1) is 0 Å². The van der Waals surface area contributed by atoms with Crippen LogP contribution < -0.4 is 0 Å². The number of hydrogen-bond acceptors (Lipinski definition) is 3. The molecule has 74 valence electrons. The molecule has 4 heteroatoms. The normalized spacial score (nSPS) is 11.3. The second-order valence-corrected chi connectivity index (χ2v) is 2.77. The van der Waals surface area contributed by atoms with Gasteiger partial charge in [-0.2, -0.15) is 0 Å². The monoisotopic (exact) mass is 194 g/mol. The lowest BCUT2D eigenvalue weighted by Crippen LogP contribution is -1.99. The van der Waals surface area contributed by atoms with E-state index < -0.39 is 11.7 Å². The first-order valence-corrected chi connectivity index (χ1v) is 4.00. The SMILES string of the molecule is O=C(O)/C(O)=C/Cc1ccc(O)cc1. The first kappa shape index (κ1) is 10.1. The number of benzene rings is 1. The van der Waals surface area contributed by atoms with E-state index in [1.54, 1.807) is 12.1 Å². The molecule has 1 aromatic carbocycles. The van der Waals surface area contributed by atoms with Gasteiger partial charge in [-0.15, -0.1) is 0 Å². The van der Waals surface area contributed by atoms with Crippen LogP contribution >= 0.6 is 0 Å². The number of phenols is 1. The molecule has 0 aliphatic heterocycles. The predicted octanol–water partition coefficient (Wildman–Crippen LogP) is 1.46. The molecule has 0 spiro atoms. The fourth-order valence-corrected chi connectivity index (χ4v) is 0.934. The average molecular weight is 194 g/mol. The molecule has 0 aliphatic carbocycles. The second-order valence-electron chi connectivity index (χ2n) is 2.77. The summed E-state index contributed by atoms with van der Waals surface area (Å²) in [7, 11) is 0. The Hall–Kier alpha value is -1.97. The largest absolute Gasteiger partial charge is 0.508 e. The van der Waals surface area contributed by atoms with Crippen LogP contribution in [0.25, 0.3) is 0 Å². The van der Waals surface area contributed by atoms with Gasteiger partial charge in [0.25, 0.3) is 0 Å². The van der Waals surface area contributed by atoms with Gasteiger partial charge in [0.2, 0.25) is 0 Å². The standard InChI is InChI=1S/C10H10O4/c11-8-4-1-7(2-5-8)3-6-9(12)10(13)14/h1-2,4-6,11-12H,3H2,(H,13,14)/b9-6-. The summed E-state index contributed by atoms with van der Waals surface area (Å²) < 4.78 is 0. The van der Waals surface area contributed by atoms with E-state index in [1.165, 1.54) is 18.2 Å². The van der Waals surface area contributed by atoms with Crippen molar-refractivity contribution in [3.05, 3.63) is 41.7 Å². The number of rotatable bonds is 3. The summed E-state index contributed by atoms with van der Waals surface area (Å²) in [5.41, 5.74) is 0.815. The summed E-state index contributed by atoms with van der Waals surface area (Å²) in [5.74, 6) is -1.86. The highest BCUT2D eigenvalue weighted by molar-refractivity contribution is 5.83. The molecule has 0 saturated heterocycles. The van der Waals surface area contributed by atoms with Gasteiger partial charge in [-0.05, 0) is 30.2 Å². The number of aliphatic carboxylic acids is 1. The highest BCUT2D eigenvalue weighted by Gasteiger charge is 2.02. The van der Waals surface area contributed by atoms with Crippen LogP contribution in [0.1, 0.15) is 5.56 Å². The molecule has 0 heterocycles. The minimum Gasteiger partial charge on any atom is -0.508 e. The Balaban J connectivity index is 2.66. The summed E-state index contributed by atoms with van der Waals surface area (Å²) in [6, 6.07) is 6.31. The molecule has 14 heavy (non-hydrogen) atoms. The van der Waals surface area contributed by atoms with E-state index in [9.17, 15) is 4.79 Å². The van der Waals surface area contributed by atoms with Gasteiger partial charge in [-0.3, -0.25) is 0 Å². The molecule has 3 N–H and O–H groups in total. The summed E-state index contributed by atoms with van der Waals surface area (Å²) in [4.78, 5) is 10.2. The van der Waals surface area contributed by atoms with Crippen molar-refractivity contribution in [1.29, 1.82) is 0 Å². The number of phenolic OH excluding ortho intramolecular Hbond substituents is 1. The van der Waals surface area contributed by atoms with Crippen molar-refractivity contribution in [2.45, 2.75) is 6.42 Å². The Morgan fingerprint density at radius 3 is 2.29 bits per heavy atom. The van der Waals surface area contributed by atoms with Crippen molar-refractivity contribution in [3.63, 3.8) is 0 Å². The van der Waals surface area contributed by atoms with Crippen LogP contribution in [0.15, 0.2) is 36.1 Å². The topological polar surface area (TPSA) is 77.8 Å². The van der Waals surface area contributed by atoms with Crippen molar-refractivity contribution in [1.82, 2.24) is 0 Å². The van der Waals surface area contributed by atoms with Gasteiger partial charge in [0.15, 0.2) is 5.76 Å². The minimum atomic E-state index is -1.34. The molecule has 0 bridgehead atoms. The van der Waals surface area contributed by atoms with Gasteiger partial charge in [0.1, 0.15) is 5.75 Å². The number of carbonyl (C=O) groups is 1. The van der Waals surface area contributed by atoms with E-state index in [2.05, 4.69) is 0 Å². The number of carboxylic acids is 1. The maximum absolute atomic E-state index is 10.2. The number of allylic oxidation sites excluding steroid dienone is 1. The maximum atomic E-state index is 10.2. The van der Waals surface area contributed by atoms with E-state index in [4.69, 9.17) is 15.3 Å². The van der Waals surface area contributed by atoms with Crippen LogP contribution in [0.3, 0.4) is 0 Å². The van der Waals surface area contributed by atoms with Gasteiger partial charge >= 0.3 is 5.97 Å². The average Bonchev–Trinajstić information content (AvgIpc) is 2.16. The molecule has 0 aliphatic rings. The molecular formula is C10H10O4. The second kappa shape index (κ2) is 4.32. The van der Waals surface area contributed by atoms with Gasteiger partial charge in [-0.1, -0.05) is 12.1 Å². The van der Waals surface area contributed by atoms with Crippen molar-refractivity contribution < 1.29 is 20.1 Å². The van der Waals surface area contributed by atoms with Gasteiger partial charge < -0.3 is 15.3 Å². The summed E-state index contributed by atoms with van der Waals surface area (Å²) >= 11 is 0. The summed E-state index contributed by atoms with van der Waals surface area (Å²) in [5, 5.41) is 26.2. The molecule has 0 fully saturated rings. The van der Waals surface area contributed by atoms with Crippen LogP contribution in [0.5, 0.6) is 5.75 Å². The Labute approximate surface area is 80.7 Å². The Morgan fingerprint density at radius 2 is 1.79 bits per heavy atom. The van der Waals surface area contributed by atoms with Crippen LogP contribution in [0, 0.1) is 0 Å². The number of hydrogen-bond donors (Lipinski definition) is 3. The smallest absolute Gasteiger partial charge is 0.370 e. The molecular weight excluding hydrogens is 184 g/mol. The van der Waals surface area contributed by atoms with E-state index >= 15 is 0 Å². The zero-order chi connectivity index (χ0) is 10.6. The third-order valence-electron chi connectivity index (χ3n) is 1.69. The van der Waals surface area contributed by atoms with E-state index in [0.717, 1.165) is 5.56 Å². The van der Waals surface area contributed by atoms with Crippen molar-refractivity contribution >= 4 is 5.97 Å². The molecule has 0 saturated carbocycles. The molecule has 1 rings (SSSR count). The van der Waals surface area contributed by atoms with Crippen LogP contribution in [-0.2, 0) is 11.2 Å². The molecule has 0 atom stereocenters. The Morgan fingerprint density at radius 1 is 1.21 bits per heavy atom. The lowest BCUT2D eigenvalue weighted by molar-refractivity contribution is -0.135. The summed E-state index contributed by atoms with van der Waals surface area (Å²) in [6.45, 7) is 0. The number of aliphatic hydroxyl groups excluding tert-OH is 1. The Bertz CT molecular complexity index is 351. The third-order valence-corrected chi connectivity index (χ3v) is 1.69. The van der Waals surface area contributed by atoms with Crippen molar-refractivity contribution in [2.24, 2.45) is 0 Å². The third kappa shape index (κ3) is 2.82. The zero-order valence-electron chi connectivity index (χ0n) is 7.34. The predicted molar refractivity (Wildman–Crippen MR) is 50.2 cm³/mol.